The minimum atomic E-state index is -0.223. The zero-order valence-electron chi connectivity index (χ0n) is 37.9. The summed E-state index contributed by atoms with van der Waals surface area (Å²) < 4.78 is 2.39. The lowest BCUT2D eigenvalue weighted by molar-refractivity contribution is 0.659. The SMILES string of the molecule is CC1(C)c2ccccc2-c2ccc(N(c3ccc4c(c3)C(C)(C)c3ccccc3-4)c3ccc4c(c3)C(C)(C)c3cc(-c5ccc6c(c5)c5ccccc5n6-c5ccccc5)ccc3-4)cc21. The Morgan fingerprint density at radius 1 is 0.308 bits per heavy atom. The standard InChI is InChI=1S/C63H50N2/c1-61(2)53-21-13-10-18-45(53)48-30-26-42(36-56(48)61)64(43-27-31-49-46-19-11-14-22-54(46)62(3,4)57(49)37-43)44-28-32-50-47-29-24-40(35-55(47)63(5,6)58(50)38-44)39-25-33-60-52(34-39)51-20-12-15-23-59(51)65(60)41-16-8-7-9-17-41/h7-38H,1-6H3. The molecule has 9 aromatic carbocycles. The van der Waals surface area contributed by atoms with Crippen LogP contribution < -0.4 is 4.90 Å². The Balaban J connectivity index is 0.934. The smallest absolute Gasteiger partial charge is 0.0541 e. The van der Waals surface area contributed by atoms with E-state index in [-0.39, 0.29) is 16.2 Å². The van der Waals surface area contributed by atoms with Crippen LogP contribution in [0, 0.1) is 0 Å². The highest BCUT2D eigenvalue weighted by molar-refractivity contribution is 6.10. The van der Waals surface area contributed by atoms with Crippen molar-refractivity contribution in [2.75, 3.05) is 4.90 Å². The molecule has 0 atom stereocenters. The number of benzene rings is 9. The van der Waals surface area contributed by atoms with Gasteiger partial charge in [-0.15, -0.1) is 0 Å². The molecule has 3 aliphatic carbocycles. The highest BCUT2D eigenvalue weighted by Gasteiger charge is 2.39. The largest absolute Gasteiger partial charge is 0.310 e. The molecular formula is C63H50N2. The van der Waals surface area contributed by atoms with Gasteiger partial charge in [0.25, 0.3) is 0 Å². The first kappa shape index (κ1) is 38.1. The topological polar surface area (TPSA) is 8.17 Å². The maximum absolute atomic E-state index is 2.52. The molecule has 10 aromatic rings. The van der Waals surface area contributed by atoms with Crippen LogP contribution in [0.15, 0.2) is 194 Å². The summed E-state index contributed by atoms with van der Waals surface area (Å²) in [5.41, 5.74) is 25.5. The van der Waals surface area contributed by atoms with Gasteiger partial charge in [-0.25, -0.2) is 0 Å². The second kappa shape index (κ2) is 13.3. The Bertz CT molecular complexity index is 3530. The summed E-state index contributed by atoms with van der Waals surface area (Å²) in [5.74, 6) is 0. The molecule has 0 aliphatic heterocycles. The quantitative estimate of drug-likeness (QED) is 0.168. The molecule has 0 unspecified atom stereocenters. The molecule has 2 nitrogen and oxygen atoms in total. The van der Waals surface area contributed by atoms with E-state index in [0.717, 1.165) is 0 Å². The van der Waals surface area contributed by atoms with E-state index >= 15 is 0 Å². The van der Waals surface area contributed by atoms with E-state index in [9.17, 15) is 0 Å². The van der Waals surface area contributed by atoms with Crippen molar-refractivity contribution < 1.29 is 0 Å². The molecule has 0 radical (unpaired) electrons. The zero-order chi connectivity index (χ0) is 44.0. The second-order valence-electron chi connectivity index (χ2n) is 20.2. The summed E-state index contributed by atoms with van der Waals surface area (Å²) in [4.78, 5) is 2.52. The lowest BCUT2D eigenvalue weighted by Crippen LogP contribution is -2.19. The Labute approximate surface area is 382 Å². The molecule has 312 valence electrons. The first-order valence-corrected chi connectivity index (χ1v) is 23.2. The van der Waals surface area contributed by atoms with Crippen LogP contribution in [0.4, 0.5) is 17.1 Å². The van der Waals surface area contributed by atoms with E-state index in [0.29, 0.717) is 0 Å². The maximum atomic E-state index is 2.52. The summed E-state index contributed by atoms with van der Waals surface area (Å²) in [6.45, 7) is 14.3. The molecule has 0 bridgehead atoms. The Morgan fingerprint density at radius 3 is 1.28 bits per heavy atom. The van der Waals surface area contributed by atoms with Gasteiger partial charge in [0.05, 0.1) is 11.0 Å². The van der Waals surface area contributed by atoms with Crippen molar-refractivity contribution in [3.8, 4) is 50.2 Å². The number of fused-ring (bicyclic) bond motifs is 12. The van der Waals surface area contributed by atoms with Crippen LogP contribution in [0.25, 0.3) is 72.0 Å². The third-order valence-corrected chi connectivity index (χ3v) is 15.6. The van der Waals surface area contributed by atoms with E-state index in [1.165, 1.54) is 122 Å². The fraction of sp³-hybridized carbons (Fsp3) is 0.143. The summed E-state index contributed by atoms with van der Waals surface area (Å²) in [7, 11) is 0. The molecule has 0 fully saturated rings. The molecule has 0 saturated carbocycles. The van der Waals surface area contributed by atoms with Crippen molar-refractivity contribution in [1.29, 1.82) is 0 Å². The Morgan fingerprint density at radius 2 is 0.708 bits per heavy atom. The lowest BCUT2D eigenvalue weighted by atomic mass is 9.81. The van der Waals surface area contributed by atoms with Crippen molar-refractivity contribution in [2.24, 2.45) is 0 Å². The van der Waals surface area contributed by atoms with Crippen LogP contribution >= 0.6 is 0 Å². The van der Waals surface area contributed by atoms with Crippen molar-refractivity contribution in [3.05, 3.63) is 228 Å². The molecule has 0 amide bonds. The molecule has 1 heterocycles. The van der Waals surface area contributed by atoms with Gasteiger partial charge in [-0.05, 0) is 151 Å². The van der Waals surface area contributed by atoms with Gasteiger partial charge in [-0.3, -0.25) is 0 Å². The van der Waals surface area contributed by atoms with Gasteiger partial charge in [-0.1, -0.05) is 163 Å². The maximum Gasteiger partial charge on any atom is 0.0541 e. The van der Waals surface area contributed by atoms with E-state index in [1.807, 2.05) is 0 Å². The molecule has 13 rings (SSSR count). The van der Waals surface area contributed by atoms with E-state index < -0.39 is 0 Å². The lowest BCUT2D eigenvalue weighted by Gasteiger charge is -2.31. The predicted molar refractivity (Wildman–Crippen MR) is 274 cm³/mol. The van der Waals surface area contributed by atoms with Crippen LogP contribution in [-0.4, -0.2) is 4.57 Å². The normalized spacial score (nSPS) is 15.3. The average Bonchev–Trinajstić information content (AvgIpc) is 3.95. The highest BCUT2D eigenvalue weighted by atomic mass is 15.1. The number of para-hydroxylation sites is 2. The van der Waals surface area contributed by atoms with Gasteiger partial charge < -0.3 is 9.47 Å². The number of anilines is 3. The number of aromatic nitrogens is 1. The van der Waals surface area contributed by atoms with Crippen LogP contribution in [-0.2, 0) is 16.2 Å². The number of rotatable bonds is 5. The van der Waals surface area contributed by atoms with E-state index in [1.54, 1.807) is 0 Å². The molecular weight excluding hydrogens is 785 g/mol. The monoisotopic (exact) mass is 834 g/mol. The summed E-state index contributed by atoms with van der Waals surface area (Å²) in [6, 6.07) is 73.2. The minimum absolute atomic E-state index is 0.113. The third-order valence-electron chi connectivity index (χ3n) is 15.6. The van der Waals surface area contributed by atoms with Crippen molar-refractivity contribution in [1.82, 2.24) is 4.57 Å². The number of hydrogen-bond donors (Lipinski definition) is 0. The van der Waals surface area contributed by atoms with Crippen molar-refractivity contribution in [3.63, 3.8) is 0 Å². The molecule has 0 N–H and O–H groups in total. The van der Waals surface area contributed by atoms with Gasteiger partial charge in [0, 0.05) is 49.8 Å². The highest BCUT2D eigenvalue weighted by Crippen LogP contribution is 2.55. The average molecular weight is 835 g/mol. The first-order valence-electron chi connectivity index (χ1n) is 23.2. The van der Waals surface area contributed by atoms with Crippen LogP contribution in [0.5, 0.6) is 0 Å². The minimum Gasteiger partial charge on any atom is -0.310 e. The number of hydrogen-bond acceptors (Lipinski definition) is 1. The third kappa shape index (κ3) is 5.29. The first-order chi connectivity index (χ1) is 31.5. The van der Waals surface area contributed by atoms with Gasteiger partial charge in [0.1, 0.15) is 0 Å². The fourth-order valence-corrected chi connectivity index (χ4v) is 12.2. The van der Waals surface area contributed by atoms with Crippen molar-refractivity contribution >= 4 is 38.9 Å². The Kier molecular flexibility index (Phi) is 7.80. The van der Waals surface area contributed by atoms with Gasteiger partial charge in [0.2, 0.25) is 0 Å². The fourth-order valence-electron chi connectivity index (χ4n) is 12.2. The van der Waals surface area contributed by atoms with Gasteiger partial charge in [-0.2, -0.15) is 0 Å². The zero-order valence-corrected chi connectivity index (χ0v) is 37.9. The van der Waals surface area contributed by atoms with E-state index in [4.69, 9.17) is 0 Å². The predicted octanol–water partition coefficient (Wildman–Crippen LogP) is 16.8. The van der Waals surface area contributed by atoms with Crippen LogP contribution in [0.3, 0.4) is 0 Å². The van der Waals surface area contributed by atoms with E-state index in [2.05, 4.69) is 245 Å². The van der Waals surface area contributed by atoms with Crippen LogP contribution in [0.1, 0.15) is 74.9 Å². The molecule has 1 aromatic heterocycles. The molecule has 3 aliphatic rings. The van der Waals surface area contributed by atoms with Crippen LogP contribution in [0.2, 0.25) is 0 Å². The summed E-state index contributed by atoms with van der Waals surface area (Å²) in [6.07, 6.45) is 0. The molecule has 2 heteroatoms. The number of nitrogens with zero attached hydrogens (tertiary/aromatic N) is 2. The molecule has 65 heavy (non-hydrogen) atoms. The van der Waals surface area contributed by atoms with Crippen molar-refractivity contribution in [2.45, 2.75) is 57.8 Å². The Hall–Kier alpha value is -7.42. The molecule has 0 saturated heterocycles. The van der Waals surface area contributed by atoms with Gasteiger partial charge >= 0.3 is 0 Å². The summed E-state index contributed by atoms with van der Waals surface area (Å²) >= 11 is 0. The second-order valence-corrected chi connectivity index (χ2v) is 20.2. The van der Waals surface area contributed by atoms with Gasteiger partial charge in [0.15, 0.2) is 0 Å². The molecule has 0 spiro atoms. The summed E-state index contributed by atoms with van der Waals surface area (Å²) in [5, 5.41) is 2.54.